The monoisotopic (exact) mass is 421 g/mol. The summed E-state index contributed by atoms with van der Waals surface area (Å²) in [6.07, 6.45) is -0.849. The molecule has 2 atom stereocenters. The van der Waals surface area contributed by atoms with Gasteiger partial charge in [-0.2, -0.15) is 0 Å². The molecule has 5 heteroatoms. The molecule has 0 bridgehead atoms. The van der Waals surface area contributed by atoms with Gasteiger partial charge in [0.2, 0.25) is 0 Å². The first-order chi connectivity index (χ1) is 15.1. The van der Waals surface area contributed by atoms with E-state index in [1.807, 2.05) is 48.5 Å². The first kappa shape index (κ1) is 22.8. The smallest absolute Gasteiger partial charge is 0.161 e. The molecule has 0 unspecified atom stereocenters. The molecule has 3 aromatic carbocycles. The second kappa shape index (κ2) is 11.5. The van der Waals surface area contributed by atoms with E-state index >= 15 is 0 Å². The largest absolute Gasteiger partial charge is 0.493 e. The Labute approximate surface area is 184 Å². The van der Waals surface area contributed by atoms with Gasteiger partial charge in [0.15, 0.2) is 11.5 Å². The van der Waals surface area contributed by atoms with Gasteiger partial charge < -0.3 is 24.6 Å². The molecule has 0 saturated carbocycles. The lowest BCUT2D eigenvalue weighted by Gasteiger charge is -2.22. The van der Waals surface area contributed by atoms with Crippen LogP contribution >= 0.6 is 0 Å². The van der Waals surface area contributed by atoms with Gasteiger partial charge in [-0.3, -0.25) is 0 Å². The summed E-state index contributed by atoms with van der Waals surface area (Å²) in [6, 6.07) is 24.1. The van der Waals surface area contributed by atoms with Crippen molar-refractivity contribution < 1.29 is 19.3 Å². The zero-order chi connectivity index (χ0) is 22.1. The summed E-state index contributed by atoms with van der Waals surface area (Å²) in [5.41, 5.74) is 4.40. The van der Waals surface area contributed by atoms with Gasteiger partial charge in [-0.25, -0.2) is 0 Å². The van der Waals surface area contributed by atoms with Crippen LogP contribution in [0.5, 0.6) is 11.5 Å². The zero-order valence-electron chi connectivity index (χ0n) is 18.4. The van der Waals surface area contributed by atoms with Crippen LogP contribution in [0, 0.1) is 6.92 Å². The Morgan fingerprint density at radius 2 is 1.58 bits per heavy atom. The molecule has 5 nitrogen and oxygen atoms in total. The second-order valence-corrected chi connectivity index (χ2v) is 7.45. The second-order valence-electron chi connectivity index (χ2n) is 7.45. The molecule has 164 valence electrons. The molecular formula is C26H31NO4. The van der Waals surface area contributed by atoms with Crippen LogP contribution in [0.15, 0.2) is 72.8 Å². The summed E-state index contributed by atoms with van der Waals surface area (Å²) >= 11 is 0. The number of aliphatic hydroxyl groups is 1. The molecule has 0 aliphatic rings. The van der Waals surface area contributed by atoms with Crippen LogP contribution < -0.4 is 14.8 Å². The molecule has 0 spiro atoms. The molecule has 0 aliphatic heterocycles. The minimum atomic E-state index is -0.629. The van der Waals surface area contributed by atoms with Crippen molar-refractivity contribution in [3.05, 3.63) is 95.1 Å². The first-order valence-electron chi connectivity index (χ1n) is 10.4. The van der Waals surface area contributed by atoms with Crippen LogP contribution in [-0.4, -0.2) is 38.6 Å². The fourth-order valence-corrected chi connectivity index (χ4v) is 3.51. The number of nitrogens with one attached hydrogen (secondary N) is 1. The lowest BCUT2D eigenvalue weighted by atomic mass is 9.97. The Kier molecular flexibility index (Phi) is 8.47. The molecule has 3 aromatic rings. The third kappa shape index (κ3) is 6.31. The van der Waals surface area contributed by atoms with E-state index in [0.717, 1.165) is 22.3 Å². The summed E-state index contributed by atoms with van der Waals surface area (Å²) in [4.78, 5) is 0. The van der Waals surface area contributed by atoms with E-state index in [-0.39, 0.29) is 12.7 Å². The van der Waals surface area contributed by atoms with Gasteiger partial charge in [0.25, 0.3) is 0 Å². The predicted octanol–water partition coefficient (Wildman–Crippen LogP) is 4.27. The van der Waals surface area contributed by atoms with Gasteiger partial charge in [-0.05, 0) is 41.3 Å². The summed E-state index contributed by atoms with van der Waals surface area (Å²) in [7, 11) is 3.24. The molecule has 31 heavy (non-hydrogen) atoms. The van der Waals surface area contributed by atoms with Crippen LogP contribution in [0.1, 0.15) is 28.4 Å². The Morgan fingerprint density at radius 3 is 2.29 bits per heavy atom. The van der Waals surface area contributed by atoms with Crippen molar-refractivity contribution in [3.8, 4) is 11.5 Å². The third-order valence-electron chi connectivity index (χ3n) is 5.19. The Hall–Kier alpha value is -2.86. The zero-order valence-corrected chi connectivity index (χ0v) is 18.4. The molecule has 0 saturated heterocycles. The maximum Gasteiger partial charge on any atom is 0.161 e. The van der Waals surface area contributed by atoms with E-state index in [0.29, 0.717) is 24.6 Å². The van der Waals surface area contributed by atoms with E-state index in [9.17, 15) is 5.11 Å². The average molecular weight is 422 g/mol. The van der Waals surface area contributed by atoms with Crippen molar-refractivity contribution >= 4 is 0 Å². The summed E-state index contributed by atoms with van der Waals surface area (Å²) < 4.78 is 16.8. The topological polar surface area (TPSA) is 60.0 Å². The van der Waals surface area contributed by atoms with Gasteiger partial charge in [-0.1, -0.05) is 60.7 Å². The molecule has 0 amide bonds. The van der Waals surface area contributed by atoms with Crippen LogP contribution in [0.25, 0.3) is 0 Å². The summed E-state index contributed by atoms with van der Waals surface area (Å²) in [5.74, 6) is 1.39. The number of rotatable bonds is 11. The lowest BCUT2D eigenvalue weighted by Crippen LogP contribution is -2.30. The first-order valence-corrected chi connectivity index (χ1v) is 10.4. The number of benzene rings is 3. The fraction of sp³-hybridized carbons (Fsp3) is 0.308. The number of aliphatic hydroxyl groups excluding tert-OH is 1. The highest BCUT2D eigenvalue weighted by atomic mass is 16.5. The van der Waals surface area contributed by atoms with E-state index in [4.69, 9.17) is 14.2 Å². The molecule has 0 heterocycles. The Bertz CT molecular complexity index is 945. The quantitative estimate of drug-likeness (QED) is 0.484. The fourth-order valence-electron chi connectivity index (χ4n) is 3.51. The maximum absolute atomic E-state index is 10.5. The molecule has 0 fully saturated rings. The van der Waals surface area contributed by atoms with Crippen molar-refractivity contribution in [2.75, 3.05) is 27.4 Å². The molecule has 0 aliphatic carbocycles. The van der Waals surface area contributed by atoms with E-state index in [1.165, 1.54) is 0 Å². The standard InChI is InChI=1S/C26H31NO4/c1-19-9-7-8-12-23(19)26(21-10-5-4-6-11-21)31-18-22(28)17-27-16-20-13-14-24(29-2)25(15-20)30-3/h4-15,22,26-28H,16-18H2,1-3H3/t22-,26+/m0/s1. The van der Waals surface area contributed by atoms with Crippen LogP contribution in [0.2, 0.25) is 0 Å². The highest BCUT2D eigenvalue weighted by Gasteiger charge is 2.18. The number of aryl methyl sites for hydroxylation is 1. The molecular weight excluding hydrogens is 390 g/mol. The SMILES string of the molecule is COc1ccc(CNC[C@H](O)CO[C@H](c2ccccc2)c2ccccc2C)cc1OC. The average Bonchev–Trinajstić information content (AvgIpc) is 2.81. The summed E-state index contributed by atoms with van der Waals surface area (Å²) in [6.45, 7) is 3.34. The highest BCUT2D eigenvalue weighted by molar-refractivity contribution is 5.42. The Balaban J connectivity index is 1.56. The number of hydrogen-bond donors (Lipinski definition) is 2. The van der Waals surface area contributed by atoms with Crippen molar-refractivity contribution in [3.63, 3.8) is 0 Å². The third-order valence-corrected chi connectivity index (χ3v) is 5.19. The normalized spacial score (nSPS) is 12.9. The van der Waals surface area contributed by atoms with Gasteiger partial charge in [0, 0.05) is 13.1 Å². The van der Waals surface area contributed by atoms with E-state index < -0.39 is 6.10 Å². The van der Waals surface area contributed by atoms with E-state index in [1.54, 1.807) is 14.2 Å². The lowest BCUT2D eigenvalue weighted by molar-refractivity contribution is 0.00627. The molecule has 0 radical (unpaired) electrons. The maximum atomic E-state index is 10.5. The van der Waals surface area contributed by atoms with Crippen molar-refractivity contribution in [1.82, 2.24) is 5.32 Å². The van der Waals surface area contributed by atoms with Gasteiger partial charge in [-0.15, -0.1) is 0 Å². The van der Waals surface area contributed by atoms with Gasteiger partial charge in [0.1, 0.15) is 6.10 Å². The molecule has 2 N–H and O–H groups in total. The van der Waals surface area contributed by atoms with Gasteiger partial charge in [0.05, 0.1) is 26.9 Å². The number of ether oxygens (including phenoxy) is 3. The Morgan fingerprint density at radius 1 is 0.871 bits per heavy atom. The van der Waals surface area contributed by atoms with Crippen LogP contribution in [0.4, 0.5) is 0 Å². The van der Waals surface area contributed by atoms with Crippen molar-refractivity contribution in [2.24, 2.45) is 0 Å². The highest BCUT2D eigenvalue weighted by Crippen LogP contribution is 2.29. The number of hydrogen-bond acceptors (Lipinski definition) is 5. The van der Waals surface area contributed by atoms with Crippen LogP contribution in [0.3, 0.4) is 0 Å². The predicted molar refractivity (Wildman–Crippen MR) is 123 cm³/mol. The van der Waals surface area contributed by atoms with Crippen LogP contribution in [-0.2, 0) is 11.3 Å². The minimum absolute atomic E-state index is 0.220. The number of methoxy groups -OCH3 is 2. The molecule has 0 aromatic heterocycles. The summed E-state index contributed by atoms with van der Waals surface area (Å²) in [5, 5.41) is 13.8. The van der Waals surface area contributed by atoms with Crippen molar-refractivity contribution in [1.29, 1.82) is 0 Å². The van der Waals surface area contributed by atoms with Gasteiger partial charge >= 0.3 is 0 Å². The molecule has 3 rings (SSSR count). The minimum Gasteiger partial charge on any atom is -0.493 e. The van der Waals surface area contributed by atoms with Crippen molar-refractivity contribution in [2.45, 2.75) is 25.7 Å². The van der Waals surface area contributed by atoms with E-state index in [2.05, 4.69) is 36.5 Å².